The van der Waals surface area contributed by atoms with E-state index in [1.54, 1.807) is 56.3 Å². The molecular weight excluding hydrogens is 459 g/mol. The lowest BCUT2D eigenvalue weighted by Gasteiger charge is -2.27. The first-order valence-corrected chi connectivity index (χ1v) is 12.0. The molecule has 0 unspecified atom stereocenters. The minimum absolute atomic E-state index is 0.0884. The van der Waals surface area contributed by atoms with Crippen molar-refractivity contribution >= 4 is 21.8 Å². The van der Waals surface area contributed by atoms with Crippen molar-refractivity contribution in [3.05, 3.63) is 83.3 Å². The summed E-state index contributed by atoms with van der Waals surface area (Å²) in [5.41, 5.74) is 7.67. The minimum atomic E-state index is -3.65. The number of benzene rings is 2. The lowest BCUT2D eigenvalue weighted by Crippen LogP contribution is -2.48. The first-order valence-electron chi connectivity index (χ1n) is 10.4. The second-order valence-corrected chi connectivity index (χ2v) is 10.2. The van der Waals surface area contributed by atoms with Gasteiger partial charge in [-0.3, -0.25) is 9.78 Å². The lowest BCUT2D eigenvalue weighted by molar-refractivity contribution is 0.0880. The van der Waals surface area contributed by atoms with Gasteiger partial charge in [0.1, 0.15) is 24.0 Å². The number of carbonyl (C=O) groups is 1. The van der Waals surface area contributed by atoms with Crippen molar-refractivity contribution in [1.29, 1.82) is 0 Å². The van der Waals surface area contributed by atoms with E-state index in [9.17, 15) is 17.6 Å². The van der Waals surface area contributed by atoms with Crippen LogP contribution in [0.3, 0.4) is 0 Å². The molecule has 176 valence electrons. The van der Waals surface area contributed by atoms with Crippen molar-refractivity contribution in [2.24, 2.45) is 10.1 Å². The molecule has 0 saturated heterocycles. The van der Waals surface area contributed by atoms with Crippen LogP contribution in [0.5, 0.6) is 5.75 Å². The first kappa shape index (κ1) is 23.4. The Kier molecular flexibility index (Phi) is 6.09. The van der Waals surface area contributed by atoms with Crippen LogP contribution in [0.1, 0.15) is 35.3 Å². The minimum Gasteiger partial charge on any atom is -0.490 e. The number of amides is 1. The molecule has 8 nitrogen and oxygen atoms in total. The van der Waals surface area contributed by atoms with E-state index >= 15 is 0 Å². The molecule has 10 heteroatoms. The molecule has 0 bridgehead atoms. The Labute approximate surface area is 196 Å². The van der Waals surface area contributed by atoms with Gasteiger partial charge in [-0.1, -0.05) is 12.1 Å². The molecule has 1 aliphatic heterocycles. The number of aromatic nitrogens is 1. The topological polar surface area (TPSA) is 124 Å². The van der Waals surface area contributed by atoms with E-state index < -0.39 is 15.6 Å². The van der Waals surface area contributed by atoms with Gasteiger partial charge >= 0.3 is 0 Å². The van der Waals surface area contributed by atoms with Crippen molar-refractivity contribution in [2.45, 2.75) is 25.1 Å². The second-order valence-electron chi connectivity index (χ2n) is 8.56. The van der Waals surface area contributed by atoms with Crippen LogP contribution in [-0.4, -0.2) is 37.3 Å². The third-order valence-corrected chi connectivity index (χ3v) is 6.30. The predicted molar refractivity (Wildman–Crippen MR) is 126 cm³/mol. The Bertz CT molecular complexity index is 1390. The quantitative estimate of drug-likeness (QED) is 0.557. The van der Waals surface area contributed by atoms with Crippen molar-refractivity contribution in [3.8, 4) is 17.0 Å². The number of ether oxygens (including phenoxy) is 1. The zero-order valence-corrected chi connectivity index (χ0v) is 19.4. The summed E-state index contributed by atoms with van der Waals surface area (Å²) in [5.74, 6) is -0.670. The van der Waals surface area contributed by atoms with Crippen LogP contribution >= 0.6 is 0 Å². The average molecular weight is 483 g/mol. The van der Waals surface area contributed by atoms with Gasteiger partial charge in [0.15, 0.2) is 0 Å². The van der Waals surface area contributed by atoms with Crippen molar-refractivity contribution in [3.63, 3.8) is 0 Å². The van der Waals surface area contributed by atoms with Crippen LogP contribution in [0.25, 0.3) is 11.3 Å². The SMILES string of the molecule is CC(C)(COc1cccc2c1C(N)=NS(=O)(=O)C2)NC(=O)c1ccnc(-c2ccc(F)cc2)c1. The molecule has 2 heterocycles. The number of nitrogens with zero attached hydrogens (tertiary/aromatic N) is 2. The Morgan fingerprint density at radius 3 is 2.65 bits per heavy atom. The molecule has 34 heavy (non-hydrogen) atoms. The fraction of sp³-hybridized carbons (Fsp3) is 0.208. The fourth-order valence-corrected chi connectivity index (χ4v) is 4.65. The Balaban J connectivity index is 1.47. The molecule has 0 fully saturated rings. The molecule has 0 spiro atoms. The molecule has 0 saturated carbocycles. The maximum absolute atomic E-state index is 13.2. The largest absolute Gasteiger partial charge is 0.490 e. The normalized spacial score (nSPS) is 14.6. The summed E-state index contributed by atoms with van der Waals surface area (Å²) >= 11 is 0. The van der Waals surface area contributed by atoms with Gasteiger partial charge in [-0.2, -0.15) is 0 Å². The highest BCUT2D eigenvalue weighted by Gasteiger charge is 2.27. The van der Waals surface area contributed by atoms with Gasteiger partial charge in [-0.25, -0.2) is 12.8 Å². The first-order chi connectivity index (χ1) is 16.0. The van der Waals surface area contributed by atoms with Gasteiger partial charge in [-0.05, 0) is 61.9 Å². The summed E-state index contributed by atoms with van der Waals surface area (Å²) in [5, 5.41) is 2.93. The number of rotatable bonds is 6. The third kappa shape index (κ3) is 5.23. The zero-order valence-electron chi connectivity index (χ0n) is 18.6. The van der Waals surface area contributed by atoms with Gasteiger partial charge < -0.3 is 15.8 Å². The standard InChI is InChI=1S/C24H23FN4O4S/c1-24(2,14-33-20-5-3-4-17-13-34(31,32)29-22(26)21(17)20)28-23(30)16-10-11-27-19(12-16)15-6-8-18(25)9-7-15/h3-12H,13-14H2,1-2H3,(H2,26,29)(H,28,30). The summed E-state index contributed by atoms with van der Waals surface area (Å²) in [7, 11) is -3.65. The molecule has 1 aromatic heterocycles. The third-order valence-electron chi connectivity index (χ3n) is 5.15. The molecule has 2 aromatic carbocycles. The maximum Gasteiger partial charge on any atom is 0.259 e. The van der Waals surface area contributed by atoms with Gasteiger partial charge in [0, 0.05) is 17.3 Å². The van der Waals surface area contributed by atoms with Crippen LogP contribution < -0.4 is 15.8 Å². The van der Waals surface area contributed by atoms with Gasteiger partial charge in [-0.15, -0.1) is 4.40 Å². The number of sulfonamides is 1. The van der Waals surface area contributed by atoms with Gasteiger partial charge in [0.2, 0.25) is 0 Å². The predicted octanol–water partition coefficient (Wildman–Crippen LogP) is 3.02. The number of pyridine rings is 1. The number of halogens is 1. The highest BCUT2D eigenvalue weighted by molar-refractivity contribution is 7.89. The highest BCUT2D eigenvalue weighted by Crippen LogP contribution is 2.28. The van der Waals surface area contributed by atoms with Crippen molar-refractivity contribution in [1.82, 2.24) is 10.3 Å². The summed E-state index contributed by atoms with van der Waals surface area (Å²) in [6.07, 6.45) is 1.52. The van der Waals surface area contributed by atoms with Crippen molar-refractivity contribution < 1.29 is 22.3 Å². The summed E-state index contributed by atoms with van der Waals surface area (Å²) in [6, 6.07) is 14.1. The molecule has 1 aliphatic rings. The van der Waals surface area contributed by atoms with Crippen LogP contribution in [0.4, 0.5) is 4.39 Å². The molecule has 3 N–H and O–H groups in total. The molecule has 0 atom stereocenters. The zero-order chi connectivity index (χ0) is 24.5. The maximum atomic E-state index is 13.2. The van der Waals surface area contributed by atoms with E-state index in [1.807, 2.05) is 0 Å². The average Bonchev–Trinajstić information content (AvgIpc) is 2.77. The van der Waals surface area contributed by atoms with E-state index in [0.29, 0.717) is 33.7 Å². The summed E-state index contributed by atoms with van der Waals surface area (Å²) < 4.78 is 46.4. The molecule has 4 rings (SSSR count). The van der Waals surface area contributed by atoms with Crippen LogP contribution in [0.15, 0.2) is 65.2 Å². The number of amidine groups is 1. The lowest BCUT2D eigenvalue weighted by atomic mass is 10.0. The molecule has 1 amide bonds. The second kappa shape index (κ2) is 8.86. The van der Waals surface area contributed by atoms with Gasteiger partial charge in [0.25, 0.3) is 15.9 Å². The van der Waals surface area contributed by atoms with Gasteiger partial charge in [0.05, 0.1) is 22.5 Å². The number of fused-ring (bicyclic) bond motifs is 1. The van der Waals surface area contributed by atoms with Crippen LogP contribution in [-0.2, 0) is 15.8 Å². The number of nitrogens with one attached hydrogen (secondary N) is 1. The van der Waals surface area contributed by atoms with Crippen molar-refractivity contribution in [2.75, 3.05) is 6.61 Å². The molecule has 0 aliphatic carbocycles. The molecule has 3 aromatic rings. The van der Waals surface area contributed by atoms with Crippen LogP contribution in [0.2, 0.25) is 0 Å². The van der Waals surface area contributed by atoms with E-state index in [4.69, 9.17) is 10.5 Å². The number of nitrogens with two attached hydrogens (primary N) is 1. The molecular formula is C24H23FN4O4S. The monoisotopic (exact) mass is 482 g/mol. The Morgan fingerprint density at radius 2 is 1.91 bits per heavy atom. The Hall–Kier alpha value is -3.79. The van der Waals surface area contributed by atoms with E-state index in [1.165, 1.54) is 18.3 Å². The fourth-order valence-electron chi connectivity index (χ4n) is 3.56. The number of hydrogen-bond donors (Lipinski definition) is 2. The smallest absolute Gasteiger partial charge is 0.259 e. The van der Waals surface area contributed by atoms with Crippen LogP contribution in [0, 0.1) is 5.82 Å². The number of carbonyl (C=O) groups excluding carboxylic acids is 1. The molecule has 0 radical (unpaired) electrons. The van der Waals surface area contributed by atoms with E-state index in [-0.39, 0.29) is 29.9 Å². The van der Waals surface area contributed by atoms with E-state index in [2.05, 4.69) is 14.7 Å². The number of hydrogen-bond acceptors (Lipinski definition) is 6. The highest BCUT2D eigenvalue weighted by atomic mass is 32.2. The summed E-state index contributed by atoms with van der Waals surface area (Å²) in [6.45, 7) is 3.68. The summed E-state index contributed by atoms with van der Waals surface area (Å²) in [4.78, 5) is 17.2. The Morgan fingerprint density at radius 1 is 1.18 bits per heavy atom. The van der Waals surface area contributed by atoms with E-state index in [0.717, 1.165) is 0 Å².